The highest BCUT2D eigenvalue weighted by molar-refractivity contribution is 8.16. The second-order valence-corrected chi connectivity index (χ2v) is 9.09. The second-order valence-electron chi connectivity index (χ2n) is 5.73. The second kappa shape index (κ2) is 6.26. The Balaban J connectivity index is 1.99. The predicted molar refractivity (Wildman–Crippen MR) is 91.8 cm³/mol. The number of anilines is 1. The van der Waals surface area contributed by atoms with Crippen LogP contribution >= 0.6 is 11.8 Å². The van der Waals surface area contributed by atoms with E-state index in [0.29, 0.717) is 5.17 Å². The molecule has 2 aliphatic heterocycles. The molecule has 1 amide bonds. The van der Waals surface area contributed by atoms with Gasteiger partial charge in [0.05, 0.1) is 17.5 Å². The number of amidine groups is 1. The van der Waals surface area contributed by atoms with Crippen molar-refractivity contribution in [3.63, 3.8) is 0 Å². The Morgan fingerprint density at radius 1 is 1.43 bits per heavy atom. The summed E-state index contributed by atoms with van der Waals surface area (Å²) < 4.78 is 28.7. The van der Waals surface area contributed by atoms with E-state index >= 15 is 0 Å². The molecule has 0 radical (unpaired) electrons. The van der Waals surface area contributed by atoms with Gasteiger partial charge in [-0.05, 0) is 24.6 Å². The summed E-state index contributed by atoms with van der Waals surface area (Å²) in [6.45, 7) is 1.89. The van der Waals surface area contributed by atoms with Crippen LogP contribution in [0.25, 0.3) is 0 Å². The topological polar surface area (TPSA) is 76.0 Å². The summed E-state index contributed by atoms with van der Waals surface area (Å²) in [4.78, 5) is 17.8. The average molecular weight is 354 g/mol. The predicted octanol–water partition coefficient (Wildman–Crippen LogP) is 1.24. The van der Waals surface area contributed by atoms with Gasteiger partial charge in [0.2, 0.25) is 0 Å². The molecule has 0 bridgehead atoms. The molecule has 0 unspecified atom stereocenters. The largest absolute Gasteiger partial charge is 0.375 e. The van der Waals surface area contributed by atoms with Crippen LogP contribution in [0.2, 0.25) is 0 Å². The molecule has 23 heavy (non-hydrogen) atoms. The number of sulfone groups is 1. The molecule has 124 valence electrons. The summed E-state index contributed by atoms with van der Waals surface area (Å²) in [6, 6.07) is 7.60. The summed E-state index contributed by atoms with van der Waals surface area (Å²) in [5.74, 6) is -0.145. The molecular weight excluding hydrogens is 336 g/mol. The van der Waals surface area contributed by atoms with Crippen LogP contribution in [0.3, 0.4) is 0 Å². The number of hydrogen-bond donors (Lipinski definition) is 0. The number of ether oxygens (including phenoxy) is 1. The highest BCUT2D eigenvalue weighted by Crippen LogP contribution is 2.41. The lowest BCUT2D eigenvalue weighted by molar-refractivity contribution is -0.121. The van der Waals surface area contributed by atoms with Gasteiger partial charge >= 0.3 is 0 Å². The zero-order chi connectivity index (χ0) is 16.6. The smallest absolute Gasteiger partial charge is 0.274 e. The van der Waals surface area contributed by atoms with Crippen molar-refractivity contribution in [1.82, 2.24) is 0 Å². The molecule has 0 aromatic heterocycles. The van der Waals surface area contributed by atoms with Gasteiger partial charge < -0.3 is 9.64 Å². The zero-order valence-corrected chi connectivity index (χ0v) is 14.6. The number of carbonyl (C=O) groups is 1. The molecule has 2 saturated heterocycles. The van der Waals surface area contributed by atoms with Gasteiger partial charge in [-0.1, -0.05) is 23.9 Å². The van der Waals surface area contributed by atoms with Crippen LogP contribution in [0.5, 0.6) is 0 Å². The normalized spacial score (nSPS) is 27.4. The van der Waals surface area contributed by atoms with Gasteiger partial charge in [-0.2, -0.15) is 4.99 Å². The van der Waals surface area contributed by atoms with Crippen LogP contribution in [0.15, 0.2) is 29.3 Å². The summed E-state index contributed by atoms with van der Waals surface area (Å²) >= 11 is 1.37. The lowest BCUT2D eigenvalue weighted by Gasteiger charge is -2.24. The highest BCUT2D eigenvalue weighted by atomic mass is 32.2. The maximum atomic E-state index is 12.0. The number of carbonyl (C=O) groups excluding carboxylic acids is 1. The van der Waals surface area contributed by atoms with E-state index in [-0.39, 0.29) is 35.3 Å². The Morgan fingerprint density at radius 3 is 2.91 bits per heavy atom. The van der Waals surface area contributed by atoms with Crippen LogP contribution in [0.4, 0.5) is 5.69 Å². The molecular formula is C15H18N2O4S2. The van der Waals surface area contributed by atoms with Crippen molar-refractivity contribution in [2.75, 3.05) is 30.1 Å². The van der Waals surface area contributed by atoms with Crippen molar-refractivity contribution < 1.29 is 17.9 Å². The maximum absolute atomic E-state index is 12.0. The Labute approximate surface area is 139 Å². The maximum Gasteiger partial charge on any atom is 0.274 e. The van der Waals surface area contributed by atoms with E-state index in [4.69, 9.17) is 4.74 Å². The average Bonchev–Trinajstić information content (AvgIpc) is 2.89. The van der Waals surface area contributed by atoms with Crippen molar-refractivity contribution in [2.45, 2.75) is 18.2 Å². The first-order valence-electron chi connectivity index (χ1n) is 7.23. The number of benzene rings is 1. The molecule has 2 atom stereocenters. The first-order chi connectivity index (χ1) is 10.9. The van der Waals surface area contributed by atoms with Crippen LogP contribution in [-0.4, -0.2) is 56.0 Å². The molecule has 6 nitrogen and oxygen atoms in total. The Morgan fingerprint density at radius 2 is 2.22 bits per heavy atom. The number of amides is 1. The fourth-order valence-corrected chi connectivity index (χ4v) is 6.84. The number of methoxy groups -OCH3 is 1. The Bertz CT molecular complexity index is 760. The molecule has 2 heterocycles. The number of thioether (sulfide) groups is 1. The third kappa shape index (κ3) is 3.44. The summed E-state index contributed by atoms with van der Waals surface area (Å²) in [6.07, 6.45) is 0. The molecule has 8 heteroatoms. The monoisotopic (exact) mass is 354 g/mol. The summed E-state index contributed by atoms with van der Waals surface area (Å²) in [5.41, 5.74) is 1.94. The first-order valence-corrected chi connectivity index (χ1v) is 9.93. The third-order valence-electron chi connectivity index (χ3n) is 3.83. The first kappa shape index (κ1) is 16.5. The van der Waals surface area contributed by atoms with Gasteiger partial charge in [-0.15, -0.1) is 0 Å². The van der Waals surface area contributed by atoms with Crippen molar-refractivity contribution in [3.8, 4) is 0 Å². The minimum Gasteiger partial charge on any atom is -0.375 e. The van der Waals surface area contributed by atoms with Crippen LogP contribution in [-0.2, 0) is 19.4 Å². The quantitative estimate of drug-likeness (QED) is 0.813. The Kier molecular flexibility index (Phi) is 4.48. The molecule has 0 spiro atoms. The van der Waals surface area contributed by atoms with Gasteiger partial charge in [0.25, 0.3) is 5.91 Å². The summed E-state index contributed by atoms with van der Waals surface area (Å²) in [7, 11) is -1.60. The van der Waals surface area contributed by atoms with Crippen LogP contribution in [0.1, 0.15) is 5.56 Å². The van der Waals surface area contributed by atoms with Crippen molar-refractivity contribution in [3.05, 3.63) is 29.8 Å². The fourth-order valence-electron chi connectivity index (χ4n) is 2.91. The Hall–Kier alpha value is -1.38. The van der Waals surface area contributed by atoms with E-state index < -0.39 is 9.84 Å². The van der Waals surface area contributed by atoms with E-state index in [9.17, 15) is 13.2 Å². The zero-order valence-electron chi connectivity index (χ0n) is 12.9. The van der Waals surface area contributed by atoms with Gasteiger partial charge in [-0.3, -0.25) is 4.79 Å². The molecule has 1 aromatic rings. The van der Waals surface area contributed by atoms with E-state index in [2.05, 4.69) is 4.99 Å². The number of aryl methyl sites for hydroxylation is 1. The minimum atomic E-state index is -3.05. The van der Waals surface area contributed by atoms with E-state index in [1.54, 1.807) is 0 Å². The van der Waals surface area contributed by atoms with Crippen LogP contribution in [0, 0.1) is 6.92 Å². The number of hydrogen-bond acceptors (Lipinski definition) is 5. The summed E-state index contributed by atoms with van der Waals surface area (Å²) in [5, 5.41) is 0.470. The van der Waals surface area contributed by atoms with Crippen molar-refractivity contribution in [1.29, 1.82) is 0 Å². The van der Waals surface area contributed by atoms with E-state index in [0.717, 1.165) is 11.3 Å². The third-order valence-corrected chi connectivity index (χ3v) is 7.04. The van der Waals surface area contributed by atoms with Crippen LogP contribution < -0.4 is 4.90 Å². The minimum absolute atomic E-state index is 0.0840. The number of aliphatic imine (C=N–C) groups is 1. The van der Waals surface area contributed by atoms with E-state index in [1.165, 1.54) is 18.9 Å². The van der Waals surface area contributed by atoms with Gasteiger partial charge in [0.15, 0.2) is 15.0 Å². The van der Waals surface area contributed by atoms with E-state index in [1.807, 2.05) is 36.1 Å². The lowest BCUT2D eigenvalue weighted by Crippen LogP contribution is -2.37. The fraction of sp³-hybridized carbons (Fsp3) is 0.467. The van der Waals surface area contributed by atoms with Gasteiger partial charge in [0, 0.05) is 18.0 Å². The molecule has 3 rings (SSSR count). The molecule has 1 aromatic carbocycles. The number of nitrogens with zero attached hydrogens (tertiary/aromatic N) is 2. The number of rotatable bonds is 3. The molecule has 2 fully saturated rings. The van der Waals surface area contributed by atoms with Gasteiger partial charge in [0.1, 0.15) is 6.61 Å². The highest BCUT2D eigenvalue weighted by Gasteiger charge is 2.49. The number of fused-ring (bicyclic) bond motifs is 1. The van der Waals surface area contributed by atoms with Gasteiger partial charge in [-0.25, -0.2) is 8.42 Å². The molecule has 2 aliphatic rings. The molecule has 0 aliphatic carbocycles. The molecule has 0 saturated carbocycles. The lowest BCUT2D eigenvalue weighted by atomic mass is 10.1. The SMILES string of the molecule is COCC(=O)N=C1S[C@H]2CS(=O)(=O)C[C@H]2N1c1cccc(C)c1. The molecule has 0 N–H and O–H groups in total. The van der Waals surface area contributed by atoms with Crippen molar-refractivity contribution >= 4 is 38.4 Å². The standard InChI is InChI=1S/C15H18N2O4S2/c1-10-4-3-5-11(6-10)17-12-8-23(19,20)9-13(12)22-15(17)16-14(18)7-21-2/h3-6,12-13H,7-9H2,1-2H3/t12-,13+/m1/s1. The van der Waals surface area contributed by atoms with Crippen molar-refractivity contribution in [2.24, 2.45) is 4.99 Å².